The fourth-order valence-corrected chi connectivity index (χ4v) is 4.22. The topological polar surface area (TPSA) is 92.3 Å². The summed E-state index contributed by atoms with van der Waals surface area (Å²) in [5.74, 6) is 1.49. The van der Waals surface area contributed by atoms with Gasteiger partial charge in [0.2, 0.25) is 11.9 Å². The second-order valence-corrected chi connectivity index (χ2v) is 8.46. The van der Waals surface area contributed by atoms with Gasteiger partial charge in [-0.1, -0.05) is 24.3 Å². The minimum absolute atomic E-state index is 0.0469. The van der Waals surface area contributed by atoms with Crippen LogP contribution in [0.25, 0.3) is 10.9 Å². The number of piperidine rings is 1. The number of ether oxygens (including phenoxy) is 1. The van der Waals surface area contributed by atoms with Crippen LogP contribution in [0.2, 0.25) is 0 Å². The van der Waals surface area contributed by atoms with E-state index in [-0.39, 0.29) is 11.8 Å². The van der Waals surface area contributed by atoms with E-state index in [0.717, 1.165) is 42.5 Å². The highest BCUT2D eigenvalue weighted by atomic mass is 16.5. The van der Waals surface area contributed by atoms with Crippen molar-refractivity contribution in [3.8, 4) is 0 Å². The van der Waals surface area contributed by atoms with E-state index >= 15 is 0 Å². The van der Waals surface area contributed by atoms with E-state index in [0.29, 0.717) is 32.2 Å². The first-order chi connectivity index (χ1) is 16.2. The Morgan fingerprint density at radius 1 is 1.24 bits per heavy atom. The van der Waals surface area contributed by atoms with E-state index in [1.807, 2.05) is 24.4 Å². The van der Waals surface area contributed by atoms with Gasteiger partial charge < -0.3 is 20.3 Å². The number of anilines is 2. The Balaban J connectivity index is 1.44. The number of hydrogen-bond donors (Lipinski definition) is 2. The van der Waals surface area contributed by atoms with E-state index in [1.165, 1.54) is 11.1 Å². The number of amides is 1. The zero-order chi connectivity index (χ0) is 23.0. The number of aryl methyl sites for hydroxylation is 1. The van der Waals surface area contributed by atoms with Crippen LogP contribution in [0, 0.1) is 12.8 Å². The summed E-state index contributed by atoms with van der Waals surface area (Å²) < 4.78 is 5.05. The number of carbonyl (C=O) groups is 1. The summed E-state index contributed by atoms with van der Waals surface area (Å²) in [6.07, 6.45) is 6.27. The SMILES string of the molecule is COCCCNC(=O)C1CCCN(c2nccc3nc(NCc4ccccc4C)ncc23)C1. The lowest BCUT2D eigenvalue weighted by Crippen LogP contribution is -2.43. The van der Waals surface area contributed by atoms with Crippen molar-refractivity contribution in [1.29, 1.82) is 0 Å². The molecule has 8 heteroatoms. The second-order valence-electron chi connectivity index (χ2n) is 8.46. The Morgan fingerprint density at radius 3 is 2.97 bits per heavy atom. The molecule has 1 amide bonds. The van der Waals surface area contributed by atoms with Gasteiger partial charge in [-0.15, -0.1) is 0 Å². The van der Waals surface area contributed by atoms with Crippen molar-refractivity contribution in [1.82, 2.24) is 20.3 Å². The third-order valence-corrected chi connectivity index (χ3v) is 6.10. The van der Waals surface area contributed by atoms with E-state index in [1.54, 1.807) is 13.3 Å². The average Bonchev–Trinajstić information content (AvgIpc) is 2.85. The Labute approximate surface area is 194 Å². The van der Waals surface area contributed by atoms with Crippen molar-refractivity contribution >= 4 is 28.6 Å². The van der Waals surface area contributed by atoms with Crippen LogP contribution < -0.4 is 15.5 Å². The van der Waals surface area contributed by atoms with Gasteiger partial charge >= 0.3 is 0 Å². The van der Waals surface area contributed by atoms with Gasteiger partial charge in [-0.3, -0.25) is 4.79 Å². The number of benzene rings is 1. The lowest BCUT2D eigenvalue weighted by atomic mass is 9.97. The van der Waals surface area contributed by atoms with Crippen LogP contribution in [-0.4, -0.2) is 54.2 Å². The number of hydrogen-bond acceptors (Lipinski definition) is 7. The van der Waals surface area contributed by atoms with Crippen LogP contribution in [0.4, 0.5) is 11.8 Å². The molecule has 0 radical (unpaired) electrons. The molecule has 1 aliphatic heterocycles. The van der Waals surface area contributed by atoms with Gasteiger partial charge in [0.25, 0.3) is 0 Å². The minimum atomic E-state index is -0.0469. The molecular formula is C25H32N6O2. The Kier molecular flexibility index (Phi) is 7.67. The Hall–Kier alpha value is -3.26. The van der Waals surface area contributed by atoms with Gasteiger partial charge in [0.1, 0.15) is 5.82 Å². The molecule has 4 rings (SSSR count). The van der Waals surface area contributed by atoms with Crippen LogP contribution in [0.1, 0.15) is 30.4 Å². The maximum Gasteiger partial charge on any atom is 0.224 e. The molecule has 1 saturated heterocycles. The first kappa shape index (κ1) is 22.9. The van der Waals surface area contributed by atoms with Crippen LogP contribution in [-0.2, 0) is 16.1 Å². The van der Waals surface area contributed by atoms with Crippen LogP contribution in [0.15, 0.2) is 42.7 Å². The maximum atomic E-state index is 12.6. The predicted molar refractivity (Wildman–Crippen MR) is 130 cm³/mol. The normalized spacial score (nSPS) is 16.1. The van der Waals surface area contributed by atoms with Crippen LogP contribution >= 0.6 is 0 Å². The fourth-order valence-electron chi connectivity index (χ4n) is 4.22. The zero-order valence-electron chi connectivity index (χ0n) is 19.4. The van der Waals surface area contributed by atoms with Crippen LogP contribution in [0.3, 0.4) is 0 Å². The maximum absolute atomic E-state index is 12.6. The van der Waals surface area contributed by atoms with Crippen molar-refractivity contribution in [3.05, 3.63) is 53.9 Å². The standard InChI is InChI=1S/C25H32N6O2/c1-18-7-3-4-8-19(18)15-28-25-29-16-21-22(30-25)10-12-26-23(21)31-13-5-9-20(17-31)24(32)27-11-6-14-33-2/h3-4,7-8,10,12,16,20H,5-6,9,11,13-15,17H2,1-2H3,(H,27,32)(H,28,29,30). The molecule has 1 fully saturated rings. The summed E-state index contributed by atoms with van der Waals surface area (Å²) in [4.78, 5) is 28.7. The van der Waals surface area contributed by atoms with Gasteiger partial charge in [0.15, 0.2) is 0 Å². The third kappa shape index (κ3) is 5.76. The Morgan fingerprint density at radius 2 is 2.12 bits per heavy atom. The van der Waals surface area contributed by atoms with Gasteiger partial charge in [-0.2, -0.15) is 0 Å². The number of carbonyl (C=O) groups excluding carboxylic acids is 1. The molecule has 2 aromatic heterocycles. The first-order valence-corrected chi connectivity index (χ1v) is 11.6. The number of fused-ring (bicyclic) bond motifs is 1. The van der Waals surface area contributed by atoms with Gasteiger partial charge in [0.05, 0.1) is 16.8 Å². The molecule has 33 heavy (non-hydrogen) atoms. The molecule has 0 spiro atoms. The van der Waals surface area contributed by atoms with Crippen molar-refractivity contribution in [2.75, 3.05) is 43.6 Å². The minimum Gasteiger partial charge on any atom is -0.385 e. The molecule has 3 heterocycles. The summed E-state index contributed by atoms with van der Waals surface area (Å²) in [5.41, 5.74) is 3.30. The predicted octanol–water partition coefficient (Wildman–Crippen LogP) is 3.31. The number of nitrogens with one attached hydrogen (secondary N) is 2. The zero-order valence-corrected chi connectivity index (χ0v) is 19.4. The van der Waals surface area contributed by atoms with Crippen molar-refractivity contribution in [2.24, 2.45) is 5.92 Å². The lowest BCUT2D eigenvalue weighted by Gasteiger charge is -2.33. The molecule has 3 aromatic rings. The van der Waals surface area contributed by atoms with E-state index in [2.05, 4.69) is 44.6 Å². The van der Waals surface area contributed by atoms with E-state index in [9.17, 15) is 4.79 Å². The number of rotatable bonds is 9. The lowest BCUT2D eigenvalue weighted by molar-refractivity contribution is -0.125. The fraction of sp³-hybridized carbons (Fsp3) is 0.440. The molecule has 0 aliphatic carbocycles. The molecule has 1 unspecified atom stereocenters. The average molecular weight is 449 g/mol. The third-order valence-electron chi connectivity index (χ3n) is 6.10. The molecule has 0 saturated carbocycles. The highest BCUT2D eigenvalue weighted by molar-refractivity contribution is 5.90. The largest absolute Gasteiger partial charge is 0.385 e. The molecule has 2 N–H and O–H groups in total. The van der Waals surface area contributed by atoms with Crippen molar-refractivity contribution in [2.45, 2.75) is 32.7 Å². The summed E-state index contributed by atoms with van der Waals surface area (Å²) in [5, 5.41) is 7.26. The van der Waals surface area contributed by atoms with E-state index < -0.39 is 0 Å². The Bertz CT molecular complexity index is 1090. The molecule has 1 atom stereocenters. The molecule has 1 aromatic carbocycles. The smallest absolute Gasteiger partial charge is 0.224 e. The number of pyridine rings is 1. The van der Waals surface area contributed by atoms with Gasteiger partial charge in [-0.25, -0.2) is 15.0 Å². The quantitative estimate of drug-likeness (QED) is 0.485. The van der Waals surface area contributed by atoms with Crippen LogP contribution in [0.5, 0.6) is 0 Å². The van der Waals surface area contributed by atoms with Crippen molar-refractivity contribution in [3.63, 3.8) is 0 Å². The van der Waals surface area contributed by atoms with Crippen molar-refractivity contribution < 1.29 is 9.53 Å². The van der Waals surface area contributed by atoms with Gasteiger partial charge in [-0.05, 0) is 43.4 Å². The highest BCUT2D eigenvalue weighted by Crippen LogP contribution is 2.28. The summed E-state index contributed by atoms with van der Waals surface area (Å²) >= 11 is 0. The molecule has 1 aliphatic rings. The summed E-state index contributed by atoms with van der Waals surface area (Å²) in [6, 6.07) is 10.2. The summed E-state index contributed by atoms with van der Waals surface area (Å²) in [7, 11) is 1.67. The molecule has 0 bridgehead atoms. The molecule has 8 nitrogen and oxygen atoms in total. The summed E-state index contributed by atoms with van der Waals surface area (Å²) in [6.45, 7) is 5.58. The highest BCUT2D eigenvalue weighted by Gasteiger charge is 2.27. The first-order valence-electron chi connectivity index (χ1n) is 11.6. The number of aromatic nitrogens is 3. The van der Waals surface area contributed by atoms with E-state index in [4.69, 9.17) is 9.72 Å². The van der Waals surface area contributed by atoms with Gasteiger partial charge in [0, 0.05) is 52.3 Å². The molecule has 174 valence electrons. The second kappa shape index (κ2) is 11.0. The number of methoxy groups -OCH3 is 1. The molecular weight excluding hydrogens is 416 g/mol. The number of nitrogens with zero attached hydrogens (tertiary/aromatic N) is 4. The monoisotopic (exact) mass is 448 g/mol.